The summed E-state index contributed by atoms with van der Waals surface area (Å²) in [7, 11) is 0. The van der Waals surface area contributed by atoms with E-state index in [0.29, 0.717) is 18.4 Å². The van der Waals surface area contributed by atoms with Gasteiger partial charge in [-0.15, -0.1) is 11.6 Å². The molecule has 0 fully saturated rings. The van der Waals surface area contributed by atoms with Crippen LogP contribution in [-0.2, 0) is 6.42 Å². The monoisotopic (exact) mass is 289 g/mol. The van der Waals surface area contributed by atoms with Gasteiger partial charge in [0.15, 0.2) is 0 Å². The molecule has 1 aliphatic rings. The fraction of sp³-hybridized carbons (Fsp3) is 0.333. The standard InChI is InChI=1S/C15H16ClN3O/c1-2-20-13-7-8-17-15(18-13)19-14-11-6-4-3-5-10(11)9-12(14)16/h3-8,12,14H,2,9H2,1H3,(H,17,18,19). The number of benzene rings is 1. The fourth-order valence-electron chi connectivity index (χ4n) is 2.49. The molecule has 0 saturated carbocycles. The number of alkyl halides is 1. The lowest BCUT2D eigenvalue weighted by atomic mass is 10.1. The Hall–Kier alpha value is -1.81. The number of rotatable bonds is 4. The number of fused-ring (bicyclic) bond motifs is 1. The quantitative estimate of drug-likeness (QED) is 0.878. The third kappa shape index (κ3) is 2.56. The van der Waals surface area contributed by atoms with Gasteiger partial charge in [-0.2, -0.15) is 4.98 Å². The van der Waals surface area contributed by atoms with Crippen LogP contribution in [0, 0.1) is 0 Å². The summed E-state index contributed by atoms with van der Waals surface area (Å²) in [5, 5.41) is 3.32. The highest BCUT2D eigenvalue weighted by Crippen LogP contribution is 2.36. The lowest BCUT2D eigenvalue weighted by Gasteiger charge is -2.17. The van der Waals surface area contributed by atoms with Crippen molar-refractivity contribution >= 4 is 17.5 Å². The molecule has 1 heterocycles. The van der Waals surface area contributed by atoms with Crippen LogP contribution in [0.1, 0.15) is 24.1 Å². The number of halogens is 1. The molecular formula is C15H16ClN3O. The van der Waals surface area contributed by atoms with Crippen molar-refractivity contribution in [2.75, 3.05) is 11.9 Å². The molecule has 0 saturated heterocycles. The Morgan fingerprint density at radius 2 is 2.20 bits per heavy atom. The maximum absolute atomic E-state index is 6.45. The van der Waals surface area contributed by atoms with E-state index in [1.165, 1.54) is 11.1 Å². The van der Waals surface area contributed by atoms with Crippen LogP contribution in [0.5, 0.6) is 5.88 Å². The van der Waals surface area contributed by atoms with Crippen molar-refractivity contribution in [1.29, 1.82) is 0 Å². The second kappa shape index (κ2) is 5.67. The molecule has 0 amide bonds. The lowest BCUT2D eigenvalue weighted by Crippen LogP contribution is -2.18. The summed E-state index contributed by atoms with van der Waals surface area (Å²) in [6.07, 6.45) is 2.55. The van der Waals surface area contributed by atoms with Crippen LogP contribution in [0.2, 0.25) is 0 Å². The summed E-state index contributed by atoms with van der Waals surface area (Å²) in [6.45, 7) is 2.51. The van der Waals surface area contributed by atoms with Crippen LogP contribution >= 0.6 is 11.6 Å². The average molecular weight is 290 g/mol. The molecule has 2 atom stereocenters. The molecule has 1 aliphatic carbocycles. The van der Waals surface area contributed by atoms with E-state index in [2.05, 4.69) is 27.4 Å². The number of aromatic nitrogens is 2. The SMILES string of the molecule is CCOc1ccnc(NC2c3ccccc3CC2Cl)n1. The van der Waals surface area contributed by atoms with Crippen LogP contribution in [-0.4, -0.2) is 22.0 Å². The maximum Gasteiger partial charge on any atom is 0.226 e. The zero-order chi connectivity index (χ0) is 13.9. The molecule has 3 rings (SSSR count). The predicted molar refractivity (Wildman–Crippen MR) is 79.4 cm³/mol. The number of anilines is 1. The second-order valence-corrected chi connectivity index (χ2v) is 5.25. The van der Waals surface area contributed by atoms with Gasteiger partial charge in [0, 0.05) is 12.3 Å². The second-order valence-electron chi connectivity index (χ2n) is 4.69. The first-order chi connectivity index (χ1) is 9.78. The van der Waals surface area contributed by atoms with Gasteiger partial charge in [0.05, 0.1) is 18.0 Å². The molecule has 0 radical (unpaired) electrons. The molecule has 0 spiro atoms. The molecule has 20 heavy (non-hydrogen) atoms. The van der Waals surface area contributed by atoms with Crippen LogP contribution in [0.4, 0.5) is 5.95 Å². The average Bonchev–Trinajstić information content (AvgIpc) is 2.76. The lowest BCUT2D eigenvalue weighted by molar-refractivity contribution is 0.326. The molecule has 2 aromatic rings. The van der Waals surface area contributed by atoms with Crippen LogP contribution < -0.4 is 10.1 Å². The minimum atomic E-state index is 0.00625. The van der Waals surface area contributed by atoms with Gasteiger partial charge >= 0.3 is 0 Å². The smallest absolute Gasteiger partial charge is 0.226 e. The molecule has 1 aromatic heterocycles. The van der Waals surface area contributed by atoms with Crippen molar-refractivity contribution in [3.05, 3.63) is 47.7 Å². The molecule has 0 aliphatic heterocycles. The van der Waals surface area contributed by atoms with Crippen molar-refractivity contribution in [3.63, 3.8) is 0 Å². The summed E-state index contributed by atoms with van der Waals surface area (Å²) in [6, 6.07) is 10.1. The zero-order valence-corrected chi connectivity index (χ0v) is 12.0. The van der Waals surface area contributed by atoms with Crippen molar-refractivity contribution in [2.45, 2.75) is 24.8 Å². The number of hydrogen-bond acceptors (Lipinski definition) is 4. The van der Waals surface area contributed by atoms with Gasteiger partial charge in [-0.1, -0.05) is 24.3 Å². The highest BCUT2D eigenvalue weighted by atomic mass is 35.5. The van der Waals surface area contributed by atoms with Gasteiger partial charge in [-0.3, -0.25) is 0 Å². The third-order valence-electron chi connectivity index (χ3n) is 3.37. The summed E-state index contributed by atoms with van der Waals surface area (Å²) < 4.78 is 5.38. The number of nitrogens with one attached hydrogen (secondary N) is 1. The van der Waals surface area contributed by atoms with Gasteiger partial charge in [0.2, 0.25) is 11.8 Å². The van der Waals surface area contributed by atoms with Crippen LogP contribution in [0.25, 0.3) is 0 Å². The van der Waals surface area contributed by atoms with Crippen molar-refractivity contribution in [3.8, 4) is 5.88 Å². The summed E-state index contributed by atoms with van der Waals surface area (Å²) >= 11 is 6.45. The van der Waals surface area contributed by atoms with Gasteiger partial charge in [-0.25, -0.2) is 4.98 Å². The maximum atomic E-state index is 6.45. The van der Waals surface area contributed by atoms with E-state index < -0.39 is 0 Å². The van der Waals surface area contributed by atoms with Crippen molar-refractivity contribution in [1.82, 2.24) is 9.97 Å². The molecule has 1 N–H and O–H groups in total. The molecule has 1 aromatic carbocycles. The van der Waals surface area contributed by atoms with E-state index in [9.17, 15) is 0 Å². The van der Waals surface area contributed by atoms with Crippen molar-refractivity contribution in [2.24, 2.45) is 0 Å². The Labute approximate surface area is 123 Å². The van der Waals surface area contributed by atoms with Gasteiger partial charge in [0.25, 0.3) is 0 Å². The van der Waals surface area contributed by atoms with E-state index in [4.69, 9.17) is 16.3 Å². The molecule has 0 bridgehead atoms. The molecule has 5 heteroatoms. The number of ether oxygens (including phenoxy) is 1. The van der Waals surface area contributed by atoms with E-state index in [1.807, 2.05) is 19.1 Å². The molecule has 4 nitrogen and oxygen atoms in total. The number of hydrogen-bond donors (Lipinski definition) is 1. The predicted octanol–water partition coefficient (Wildman–Crippen LogP) is 3.19. The normalized spacial score (nSPS) is 20.5. The largest absolute Gasteiger partial charge is 0.478 e. The Morgan fingerprint density at radius 1 is 1.35 bits per heavy atom. The highest BCUT2D eigenvalue weighted by Gasteiger charge is 2.31. The minimum Gasteiger partial charge on any atom is -0.478 e. The Bertz CT molecular complexity index is 605. The summed E-state index contributed by atoms with van der Waals surface area (Å²) in [5.74, 6) is 1.12. The van der Waals surface area contributed by atoms with Gasteiger partial charge < -0.3 is 10.1 Å². The third-order valence-corrected chi connectivity index (χ3v) is 3.78. The first-order valence-electron chi connectivity index (χ1n) is 6.72. The summed E-state index contributed by atoms with van der Waals surface area (Å²) in [5.41, 5.74) is 2.50. The van der Waals surface area contributed by atoms with E-state index in [0.717, 1.165) is 6.42 Å². The fourth-order valence-corrected chi connectivity index (χ4v) is 2.86. The summed E-state index contributed by atoms with van der Waals surface area (Å²) in [4.78, 5) is 8.56. The van der Waals surface area contributed by atoms with E-state index in [1.54, 1.807) is 12.3 Å². The minimum absolute atomic E-state index is 0.00625. The molecule has 104 valence electrons. The zero-order valence-electron chi connectivity index (χ0n) is 11.2. The Kier molecular flexibility index (Phi) is 3.74. The van der Waals surface area contributed by atoms with Crippen LogP contribution in [0.15, 0.2) is 36.5 Å². The van der Waals surface area contributed by atoms with Gasteiger partial charge in [0.1, 0.15) is 0 Å². The topological polar surface area (TPSA) is 47.0 Å². The number of nitrogens with zero attached hydrogens (tertiary/aromatic N) is 2. The van der Waals surface area contributed by atoms with Crippen LogP contribution in [0.3, 0.4) is 0 Å². The first kappa shape index (κ1) is 13.2. The molecule has 2 unspecified atom stereocenters. The highest BCUT2D eigenvalue weighted by molar-refractivity contribution is 6.21. The Balaban J connectivity index is 1.82. The Morgan fingerprint density at radius 3 is 3.05 bits per heavy atom. The van der Waals surface area contributed by atoms with E-state index >= 15 is 0 Å². The van der Waals surface area contributed by atoms with E-state index in [-0.39, 0.29) is 11.4 Å². The first-order valence-corrected chi connectivity index (χ1v) is 7.16. The molecular weight excluding hydrogens is 274 g/mol. The van der Waals surface area contributed by atoms with Gasteiger partial charge in [-0.05, 0) is 24.5 Å². The van der Waals surface area contributed by atoms with Crippen molar-refractivity contribution < 1.29 is 4.74 Å².